The van der Waals surface area contributed by atoms with Crippen molar-refractivity contribution in [1.29, 1.82) is 0 Å². The van der Waals surface area contributed by atoms with E-state index < -0.39 is 29.6 Å². The van der Waals surface area contributed by atoms with Crippen LogP contribution in [0.15, 0.2) is 45.8 Å². The third kappa shape index (κ3) is 6.17. The molecule has 2 aromatic carbocycles. The van der Waals surface area contributed by atoms with Gasteiger partial charge in [0.05, 0.1) is 19.1 Å². The standard InChI is InChI=1S/C23H21BrN2O7S/c1-13-5-4-6-15(7-13)25-20(27)11-26-22(29)19(34-23(26)30)9-14-8-17(31-2)18(10-16(14)24)33-12-21(28)32-3/h4-10H,11-12H2,1-3H3,(H,25,27)/b19-9+. The lowest BCUT2D eigenvalue weighted by Crippen LogP contribution is -2.36. The molecule has 0 aromatic heterocycles. The summed E-state index contributed by atoms with van der Waals surface area (Å²) in [7, 11) is 2.68. The number of nitrogens with one attached hydrogen (secondary N) is 1. The molecule has 0 radical (unpaired) electrons. The molecule has 3 amide bonds. The van der Waals surface area contributed by atoms with E-state index in [0.717, 1.165) is 22.2 Å². The number of benzene rings is 2. The molecule has 0 spiro atoms. The number of anilines is 1. The van der Waals surface area contributed by atoms with E-state index >= 15 is 0 Å². The van der Waals surface area contributed by atoms with Crippen LogP contribution in [0.25, 0.3) is 6.08 Å². The molecule has 0 aliphatic carbocycles. The molecule has 34 heavy (non-hydrogen) atoms. The Morgan fingerprint density at radius 3 is 2.59 bits per heavy atom. The van der Waals surface area contributed by atoms with Gasteiger partial charge < -0.3 is 19.5 Å². The summed E-state index contributed by atoms with van der Waals surface area (Å²) in [5.74, 6) is -1.01. The van der Waals surface area contributed by atoms with E-state index in [4.69, 9.17) is 9.47 Å². The minimum atomic E-state index is -0.578. The number of methoxy groups -OCH3 is 2. The maximum Gasteiger partial charge on any atom is 0.343 e. The van der Waals surface area contributed by atoms with Crippen LogP contribution in [0.3, 0.4) is 0 Å². The Kier molecular flexibility index (Phi) is 8.35. The van der Waals surface area contributed by atoms with Crippen molar-refractivity contribution < 1.29 is 33.4 Å². The van der Waals surface area contributed by atoms with Gasteiger partial charge in [0, 0.05) is 10.2 Å². The van der Waals surface area contributed by atoms with Crippen molar-refractivity contribution in [2.45, 2.75) is 6.92 Å². The van der Waals surface area contributed by atoms with Gasteiger partial charge in [-0.2, -0.15) is 0 Å². The van der Waals surface area contributed by atoms with Gasteiger partial charge in [-0.05, 0) is 60.2 Å². The molecule has 2 aromatic rings. The Labute approximate surface area is 208 Å². The molecule has 0 atom stereocenters. The Morgan fingerprint density at radius 2 is 1.91 bits per heavy atom. The number of rotatable bonds is 8. The molecule has 3 rings (SSSR count). The summed E-state index contributed by atoms with van der Waals surface area (Å²) in [4.78, 5) is 50.0. The van der Waals surface area contributed by atoms with E-state index in [2.05, 4.69) is 26.0 Å². The summed E-state index contributed by atoms with van der Waals surface area (Å²) in [5, 5.41) is 2.14. The predicted octanol–water partition coefficient (Wildman–Crippen LogP) is 3.99. The van der Waals surface area contributed by atoms with Crippen LogP contribution in [0.4, 0.5) is 10.5 Å². The predicted molar refractivity (Wildman–Crippen MR) is 131 cm³/mol. The summed E-state index contributed by atoms with van der Waals surface area (Å²) in [6.07, 6.45) is 1.51. The van der Waals surface area contributed by atoms with Crippen LogP contribution < -0.4 is 14.8 Å². The number of nitrogens with zero attached hydrogens (tertiary/aromatic N) is 1. The van der Waals surface area contributed by atoms with Crippen LogP contribution in [0.1, 0.15) is 11.1 Å². The van der Waals surface area contributed by atoms with Crippen LogP contribution in [0, 0.1) is 6.92 Å². The number of thioether (sulfide) groups is 1. The summed E-state index contributed by atoms with van der Waals surface area (Å²) in [6.45, 7) is 1.19. The Morgan fingerprint density at radius 1 is 1.15 bits per heavy atom. The number of esters is 1. The molecule has 1 saturated heterocycles. The maximum atomic E-state index is 12.8. The quantitative estimate of drug-likeness (QED) is 0.389. The largest absolute Gasteiger partial charge is 0.493 e. The van der Waals surface area contributed by atoms with Gasteiger partial charge in [-0.1, -0.05) is 28.1 Å². The molecule has 0 saturated carbocycles. The van der Waals surface area contributed by atoms with E-state index in [1.165, 1.54) is 20.3 Å². The molecular weight excluding hydrogens is 528 g/mol. The van der Waals surface area contributed by atoms with Gasteiger partial charge in [0.15, 0.2) is 18.1 Å². The fourth-order valence-corrected chi connectivity index (χ4v) is 4.24. The molecular formula is C23H21BrN2O7S. The highest BCUT2D eigenvalue weighted by Gasteiger charge is 2.36. The van der Waals surface area contributed by atoms with Crippen LogP contribution in [-0.4, -0.2) is 55.3 Å². The van der Waals surface area contributed by atoms with Crippen LogP contribution in [-0.2, 0) is 19.1 Å². The monoisotopic (exact) mass is 548 g/mol. The van der Waals surface area contributed by atoms with E-state index in [0.29, 0.717) is 21.5 Å². The average molecular weight is 549 g/mol. The number of halogens is 1. The highest BCUT2D eigenvalue weighted by molar-refractivity contribution is 9.10. The molecule has 1 aliphatic heterocycles. The number of hydrogen-bond acceptors (Lipinski definition) is 8. The van der Waals surface area contributed by atoms with E-state index in [-0.39, 0.29) is 17.3 Å². The van der Waals surface area contributed by atoms with Gasteiger partial charge in [-0.3, -0.25) is 19.3 Å². The summed E-state index contributed by atoms with van der Waals surface area (Å²) < 4.78 is 15.8. The molecule has 11 heteroatoms. The molecule has 9 nitrogen and oxygen atoms in total. The summed E-state index contributed by atoms with van der Waals surface area (Å²) in [6, 6.07) is 10.4. The third-order valence-electron chi connectivity index (χ3n) is 4.62. The summed E-state index contributed by atoms with van der Waals surface area (Å²) >= 11 is 4.13. The second-order valence-electron chi connectivity index (χ2n) is 7.07. The van der Waals surface area contributed by atoms with E-state index in [9.17, 15) is 19.2 Å². The molecule has 1 aliphatic rings. The van der Waals surface area contributed by atoms with Gasteiger partial charge >= 0.3 is 5.97 Å². The number of amides is 3. The second-order valence-corrected chi connectivity index (χ2v) is 8.92. The number of carbonyl (C=O) groups is 4. The number of aryl methyl sites for hydroxylation is 1. The fraction of sp³-hybridized carbons (Fsp3) is 0.217. The SMILES string of the molecule is COC(=O)COc1cc(Br)c(/C=C2/SC(=O)N(CC(=O)Nc3cccc(C)c3)C2=O)cc1OC. The van der Waals surface area contributed by atoms with Crippen LogP contribution >= 0.6 is 27.7 Å². The van der Waals surface area contributed by atoms with Crippen molar-refractivity contribution in [3.8, 4) is 11.5 Å². The van der Waals surface area contributed by atoms with Gasteiger partial charge in [0.1, 0.15) is 6.54 Å². The van der Waals surface area contributed by atoms with Crippen molar-refractivity contribution >= 4 is 62.5 Å². The Balaban J connectivity index is 1.75. The topological polar surface area (TPSA) is 111 Å². The van der Waals surface area contributed by atoms with Gasteiger partial charge in [-0.15, -0.1) is 0 Å². The third-order valence-corrected chi connectivity index (χ3v) is 6.21. The van der Waals surface area contributed by atoms with E-state index in [1.54, 1.807) is 30.3 Å². The number of carbonyl (C=O) groups excluding carboxylic acids is 4. The van der Waals surface area contributed by atoms with Crippen LogP contribution in [0.2, 0.25) is 0 Å². The first-order chi connectivity index (χ1) is 16.2. The van der Waals surface area contributed by atoms with Crippen LogP contribution in [0.5, 0.6) is 11.5 Å². The van der Waals surface area contributed by atoms with Crippen molar-refractivity contribution in [3.63, 3.8) is 0 Å². The average Bonchev–Trinajstić information content (AvgIpc) is 3.06. The molecule has 1 N–H and O–H groups in total. The smallest absolute Gasteiger partial charge is 0.343 e. The van der Waals surface area contributed by atoms with Gasteiger partial charge in [0.25, 0.3) is 11.1 Å². The lowest BCUT2D eigenvalue weighted by atomic mass is 10.2. The number of ether oxygens (including phenoxy) is 3. The van der Waals surface area contributed by atoms with Crippen molar-refractivity contribution in [1.82, 2.24) is 4.90 Å². The Bertz CT molecular complexity index is 1180. The van der Waals surface area contributed by atoms with Gasteiger partial charge in [0.2, 0.25) is 5.91 Å². The van der Waals surface area contributed by atoms with Crippen molar-refractivity contribution in [2.24, 2.45) is 0 Å². The minimum absolute atomic E-state index is 0.152. The van der Waals surface area contributed by atoms with Crippen molar-refractivity contribution in [2.75, 3.05) is 32.7 Å². The first-order valence-corrected chi connectivity index (χ1v) is 11.5. The first kappa shape index (κ1) is 25.3. The van der Waals surface area contributed by atoms with Crippen molar-refractivity contribution in [3.05, 3.63) is 56.9 Å². The normalized spacial score (nSPS) is 14.4. The highest BCUT2D eigenvalue weighted by Crippen LogP contribution is 2.38. The molecule has 1 fully saturated rings. The molecule has 1 heterocycles. The fourth-order valence-electron chi connectivity index (χ4n) is 2.97. The lowest BCUT2D eigenvalue weighted by molar-refractivity contribution is -0.143. The molecule has 0 bridgehead atoms. The number of imide groups is 1. The lowest BCUT2D eigenvalue weighted by Gasteiger charge is -2.13. The first-order valence-electron chi connectivity index (χ1n) is 9.91. The summed E-state index contributed by atoms with van der Waals surface area (Å²) in [5.41, 5.74) is 2.09. The number of hydrogen-bond donors (Lipinski definition) is 1. The Hall–Kier alpha value is -3.31. The molecule has 0 unspecified atom stereocenters. The zero-order chi connectivity index (χ0) is 24.8. The van der Waals surface area contributed by atoms with Gasteiger partial charge in [-0.25, -0.2) is 4.79 Å². The molecule has 178 valence electrons. The maximum absolute atomic E-state index is 12.8. The second kappa shape index (κ2) is 11.2. The van der Waals surface area contributed by atoms with E-state index in [1.807, 2.05) is 13.0 Å². The zero-order valence-electron chi connectivity index (χ0n) is 18.5. The minimum Gasteiger partial charge on any atom is -0.493 e. The highest BCUT2D eigenvalue weighted by atomic mass is 79.9. The zero-order valence-corrected chi connectivity index (χ0v) is 20.9.